The van der Waals surface area contributed by atoms with Gasteiger partial charge < -0.3 is 10.0 Å². The lowest BCUT2D eigenvalue weighted by Crippen LogP contribution is -2.21. The Morgan fingerprint density at radius 3 is 2.50 bits per heavy atom. The molecule has 0 bridgehead atoms. The van der Waals surface area contributed by atoms with E-state index in [1.165, 1.54) is 0 Å². The maximum atomic E-state index is 8.46. The molecule has 0 aliphatic heterocycles. The maximum Gasteiger partial charge on any atom is 0.0431 e. The van der Waals surface area contributed by atoms with Crippen molar-refractivity contribution in [2.24, 2.45) is 0 Å². The summed E-state index contributed by atoms with van der Waals surface area (Å²) in [6, 6.07) is 0. The third-order valence-corrected chi connectivity index (χ3v) is 1.58. The second-order valence-corrected chi connectivity index (χ2v) is 2.80. The Morgan fingerprint density at radius 2 is 2.00 bits per heavy atom. The molecule has 0 saturated carbocycles. The SMILES string of the molecule is CN(CCCl)CCCCO. The Balaban J connectivity index is 2.97. The molecule has 0 rings (SSSR count). The van der Waals surface area contributed by atoms with Gasteiger partial charge in [0.2, 0.25) is 0 Å². The van der Waals surface area contributed by atoms with Crippen molar-refractivity contribution in [3.63, 3.8) is 0 Å². The summed E-state index contributed by atoms with van der Waals surface area (Å²) >= 11 is 5.52. The van der Waals surface area contributed by atoms with Gasteiger partial charge in [0.15, 0.2) is 0 Å². The standard InChI is InChI=1S/C7H16ClNO/c1-9(6-4-8)5-2-3-7-10/h10H,2-7H2,1H3. The molecule has 1 N–H and O–H groups in total. The summed E-state index contributed by atoms with van der Waals surface area (Å²) in [5.74, 6) is 0.690. The van der Waals surface area contributed by atoms with E-state index < -0.39 is 0 Å². The van der Waals surface area contributed by atoms with Gasteiger partial charge in [-0.3, -0.25) is 0 Å². The Kier molecular flexibility index (Phi) is 7.47. The molecule has 0 heterocycles. The molecular formula is C7H16ClNO. The molecule has 0 aromatic rings. The van der Waals surface area contributed by atoms with Crippen LogP contribution in [0.4, 0.5) is 0 Å². The number of hydrogen-bond donors (Lipinski definition) is 1. The van der Waals surface area contributed by atoms with Crippen LogP contribution in [0, 0.1) is 0 Å². The topological polar surface area (TPSA) is 23.5 Å². The second kappa shape index (κ2) is 7.32. The van der Waals surface area contributed by atoms with E-state index in [1.807, 2.05) is 7.05 Å². The molecule has 0 fully saturated rings. The molecule has 0 aromatic carbocycles. The summed E-state index contributed by atoms with van der Waals surface area (Å²) in [4.78, 5) is 2.17. The molecule has 3 heteroatoms. The van der Waals surface area contributed by atoms with Crippen molar-refractivity contribution in [3.05, 3.63) is 0 Å². The molecule has 0 saturated heterocycles. The molecule has 62 valence electrons. The van der Waals surface area contributed by atoms with Crippen LogP contribution in [0.3, 0.4) is 0 Å². The van der Waals surface area contributed by atoms with Crippen LogP contribution in [0.5, 0.6) is 0 Å². The predicted octanol–water partition coefficient (Wildman–Crippen LogP) is 0.929. The first-order chi connectivity index (χ1) is 4.81. The van der Waals surface area contributed by atoms with Crippen molar-refractivity contribution < 1.29 is 5.11 Å². The molecule has 0 unspecified atom stereocenters. The van der Waals surface area contributed by atoms with E-state index in [0.717, 1.165) is 25.9 Å². The van der Waals surface area contributed by atoms with E-state index in [1.54, 1.807) is 0 Å². The molecule has 0 amide bonds. The molecular weight excluding hydrogens is 150 g/mol. The van der Waals surface area contributed by atoms with Gasteiger partial charge in [-0.15, -0.1) is 11.6 Å². The lowest BCUT2D eigenvalue weighted by molar-refractivity contribution is 0.267. The highest BCUT2D eigenvalue weighted by molar-refractivity contribution is 6.18. The third kappa shape index (κ3) is 6.33. The van der Waals surface area contributed by atoms with Gasteiger partial charge in [-0.05, 0) is 26.4 Å². The molecule has 0 spiro atoms. The lowest BCUT2D eigenvalue weighted by atomic mass is 10.3. The monoisotopic (exact) mass is 165 g/mol. The molecule has 10 heavy (non-hydrogen) atoms. The van der Waals surface area contributed by atoms with Gasteiger partial charge in [-0.1, -0.05) is 0 Å². The zero-order valence-electron chi connectivity index (χ0n) is 6.52. The largest absolute Gasteiger partial charge is 0.396 e. The predicted molar refractivity (Wildman–Crippen MR) is 44.5 cm³/mol. The summed E-state index contributed by atoms with van der Waals surface area (Å²) in [5, 5.41) is 8.46. The van der Waals surface area contributed by atoms with Crippen LogP contribution in [-0.4, -0.2) is 42.6 Å². The van der Waals surface area contributed by atoms with Gasteiger partial charge in [0, 0.05) is 19.0 Å². The van der Waals surface area contributed by atoms with E-state index in [2.05, 4.69) is 4.90 Å². The quantitative estimate of drug-likeness (QED) is 0.468. The second-order valence-electron chi connectivity index (χ2n) is 2.42. The molecule has 2 nitrogen and oxygen atoms in total. The minimum absolute atomic E-state index is 0.300. The molecule has 0 atom stereocenters. The number of nitrogens with zero attached hydrogens (tertiary/aromatic N) is 1. The van der Waals surface area contributed by atoms with Gasteiger partial charge in [0.05, 0.1) is 0 Å². The van der Waals surface area contributed by atoms with Crippen molar-refractivity contribution >= 4 is 11.6 Å². The first-order valence-electron chi connectivity index (χ1n) is 3.66. The number of aliphatic hydroxyl groups excluding tert-OH is 1. The highest BCUT2D eigenvalue weighted by Crippen LogP contribution is 1.91. The normalized spacial score (nSPS) is 10.8. The molecule has 0 aromatic heterocycles. The zero-order chi connectivity index (χ0) is 7.82. The molecule has 0 aliphatic rings. The highest BCUT2D eigenvalue weighted by Gasteiger charge is 1.94. The van der Waals surface area contributed by atoms with Crippen molar-refractivity contribution in [3.8, 4) is 0 Å². The number of halogens is 1. The Morgan fingerprint density at radius 1 is 1.30 bits per heavy atom. The minimum atomic E-state index is 0.300. The highest BCUT2D eigenvalue weighted by atomic mass is 35.5. The van der Waals surface area contributed by atoms with E-state index >= 15 is 0 Å². The summed E-state index contributed by atoms with van der Waals surface area (Å²) in [7, 11) is 2.04. The first-order valence-corrected chi connectivity index (χ1v) is 4.20. The Labute approximate surface area is 67.8 Å². The number of rotatable bonds is 6. The van der Waals surface area contributed by atoms with Crippen molar-refractivity contribution in [2.75, 3.05) is 32.6 Å². The van der Waals surface area contributed by atoms with E-state index in [4.69, 9.17) is 16.7 Å². The molecule has 0 aliphatic carbocycles. The van der Waals surface area contributed by atoms with Crippen LogP contribution in [0.15, 0.2) is 0 Å². The number of unbranched alkanes of at least 4 members (excludes halogenated alkanes) is 1. The van der Waals surface area contributed by atoms with Gasteiger partial charge in [-0.2, -0.15) is 0 Å². The fourth-order valence-electron chi connectivity index (χ4n) is 0.750. The number of alkyl halides is 1. The zero-order valence-corrected chi connectivity index (χ0v) is 7.27. The smallest absolute Gasteiger partial charge is 0.0431 e. The van der Waals surface area contributed by atoms with Crippen LogP contribution in [0.1, 0.15) is 12.8 Å². The van der Waals surface area contributed by atoms with Crippen molar-refractivity contribution in [2.45, 2.75) is 12.8 Å². The summed E-state index contributed by atoms with van der Waals surface area (Å²) in [6.45, 7) is 2.27. The summed E-state index contributed by atoms with van der Waals surface area (Å²) in [6.07, 6.45) is 1.95. The van der Waals surface area contributed by atoms with Gasteiger partial charge in [-0.25, -0.2) is 0 Å². The first kappa shape index (κ1) is 10.2. The van der Waals surface area contributed by atoms with E-state index in [0.29, 0.717) is 12.5 Å². The Hall–Kier alpha value is 0.210. The van der Waals surface area contributed by atoms with Crippen LogP contribution in [-0.2, 0) is 0 Å². The number of hydrogen-bond acceptors (Lipinski definition) is 2. The average Bonchev–Trinajstić information content (AvgIpc) is 1.89. The van der Waals surface area contributed by atoms with E-state index in [-0.39, 0.29) is 0 Å². The summed E-state index contributed by atoms with van der Waals surface area (Å²) < 4.78 is 0. The lowest BCUT2D eigenvalue weighted by Gasteiger charge is -2.13. The van der Waals surface area contributed by atoms with Crippen LogP contribution in [0.25, 0.3) is 0 Å². The van der Waals surface area contributed by atoms with Gasteiger partial charge in [0.25, 0.3) is 0 Å². The van der Waals surface area contributed by atoms with Gasteiger partial charge >= 0.3 is 0 Å². The van der Waals surface area contributed by atoms with Crippen LogP contribution >= 0.6 is 11.6 Å². The van der Waals surface area contributed by atoms with Crippen LogP contribution < -0.4 is 0 Å². The van der Waals surface area contributed by atoms with Crippen molar-refractivity contribution in [1.29, 1.82) is 0 Å². The maximum absolute atomic E-state index is 8.46. The minimum Gasteiger partial charge on any atom is -0.396 e. The Bertz CT molecular complexity index is 70.6. The van der Waals surface area contributed by atoms with E-state index in [9.17, 15) is 0 Å². The fraction of sp³-hybridized carbons (Fsp3) is 1.00. The summed E-state index contributed by atoms with van der Waals surface area (Å²) in [5.41, 5.74) is 0. The van der Waals surface area contributed by atoms with Gasteiger partial charge in [0.1, 0.15) is 0 Å². The van der Waals surface area contributed by atoms with Crippen LogP contribution in [0.2, 0.25) is 0 Å². The average molecular weight is 166 g/mol. The third-order valence-electron chi connectivity index (χ3n) is 1.41. The molecule has 0 radical (unpaired) electrons. The fourth-order valence-corrected chi connectivity index (χ4v) is 1.04. The van der Waals surface area contributed by atoms with Crippen molar-refractivity contribution in [1.82, 2.24) is 4.90 Å². The number of aliphatic hydroxyl groups is 1.